The van der Waals surface area contributed by atoms with E-state index in [1.54, 1.807) is 45.0 Å². The quantitative estimate of drug-likeness (QED) is 0.131. The number of nitrogens with zero attached hydrogens (tertiary/aromatic N) is 8. The molecule has 2 saturated heterocycles. The van der Waals surface area contributed by atoms with Gasteiger partial charge in [-0.3, -0.25) is 19.0 Å². The molecule has 0 bridgehead atoms. The molecule has 76 heavy (non-hydrogen) atoms. The van der Waals surface area contributed by atoms with Gasteiger partial charge in [0.1, 0.15) is 27.3 Å². The van der Waals surface area contributed by atoms with Crippen molar-refractivity contribution in [2.45, 2.75) is 117 Å². The second kappa shape index (κ2) is 25.3. The van der Waals surface area contributed by atoms with Crippen LogP contribution in [-0.2, 0) is 33.2 Å². The van der Waals surface area contributed by atoms with Crippen LogP contribution in [0.4, 0.5) is 21.0 Å². The minimum absolute atomic E-state index is 0. The van der Waals surface area contributed by atoms with Crippen molar-refractivity contribution < 1.29 is 74.5 Å². The maximum atomic E-state index is 13.5. The third kappa shape index (κ3) is 15.7. The average molecular weight is 1080 g/mol. The monoisotopic (exact) mass is 1080 g/mol. The molecule has 4 N–H and O–H groups in total. The number of likely N-dealkylation sites (tertiary alicyclic amines) is 2. The molecule has 0 unspecified atom stereocenters. The number of nitrogens with two attached hydrogens (primary N) is 1. The number of aryl methyl sites for hydroxylation is 2. The molecule has 2 aromatic carbocycles. The predicted molar refractivity (Wildman–Crippen MR) is 289 cm³/mol. The number of fused-ring (bicyclic) bond motifs is 2. The number of nitrogens with one attached hydrogen (secondary N) is 1. The first-order valence-electron chi connectivity index (χ1n) is 24.6. The number of thioether (sulfide) groups is 1. The molecular formula is C54H72ClLiN10O9S. The van der Waals surface area contributed by atoms with Crippen LogP contribution in [0.2, 0.25) is 0 Å². The van der Waals surface area contributed by atoms with Crippen LogP contribution < -0.4 is 51.8 Å². The Morgan fingerprint density at radius 2 is 1.17 bits per heavy atom. The number of aliphatic carboxylic acids is 1. The summed E-state index contributed by atoms with van der Waals surface area (Å²) in [5.41, 5.74) is 10.8. The fraction of sp³-hybridized carbons (Fsp3) is 0.481. The van der Waals surface area contributed by atoms with Crippen LogP contribution in [0.25, 0.3) is 44.3 Å². The number of carboxylic acids is 1. The van der Waals surface area contributed by atoms with Crippen LogP contribution in [0.5, 0.6) is 11.8 Å². The van der Waals surface area contributed by atoms with E-state index in [2.05, 4.69) is 20.4 Å². The number of anilines is 2. The van der Waals surface area contributed by atoms with E-state index < -0.39 is 39.5 Å². The number of hydrogen-bond acceptors (Lipinski definition) is 14. The molecule has 2 fully saturated rings. The van der Waals surface area contributed by atoms with Gasteiger partial charge in [0.05, 0.1) is 28.7 Å². The normalized spacial score (nSPS) is 17.2. The van der Waals surface area contributed by atoms with Crippen molar-refractivity contribution in [2.75, 3.05) is 43.5 Å². The molecule has 0 aliphatic carbocycles. The van der Waals surface area contributed by atoms with Gasteiger partial charge in [-0.05, 0) is 144 Å². The number of benzene rings is 2. The minimum atomic E-state index is -0.862. The van der Waals surface area contributed by atoms with Crippen molar-refractivity contribution in [2.24, 2.45) is 19.5 Å². The van der Waals surface area contributed by atoms with Gasteiger partial charge in [0, 0.05) is 98.1 Å². The molecule has 0 spiro atoms. The molecule has 3 amide bonds. The predicted octanol–water partition coefficient (Wildman–Crippen LogP) is 3.83. The number of pyridine rings is 2. The number of hydrogen-bond donors (Lipinski definition) is 3. The van der Waals surface area contributed by atoms with Gasteiger partial charge in [0.25, 0.3) is 0 Å². The number of rotatable bonds is 10. The molecule has 22 heteroatoms. The molecule has 2 aliphatic rings. The molecule has 0 saturated carbocycles. The number of ether oxygens (including phenoxy) is 4. The van der Waals surface area contributed by atoms with Crippen molar-refractivity contribution >= 4 is 69.0 Å². The summed E-state index contributed by atoms with van der Waals surface area (Å²) in [6, 6.07) is 19.1. The zero-order valence-electron chi connectivity index (χ0n) is 46.5. The minimum Gasteiger partial charge on any atom is -1.00 e. The molecule has 6 heterocycles. The first-order chi connectivity index (χ1) is 34.6. The Morgan fingerprint density at radius 1 is 0.711 bits per heavy atom. The molecule has 2 atom stereocenters. The Bertz CT molecular complexity index is 2980. The largest absolute Gasteiger partial charge is 1.00 e. The van der Waals surface area contributed by atoms with E-state index in [-0.39, 0.29) is 55.9 Å². The smallest absolute Gasteiger partial charge is 1.00 e. The van der Waals surface area contributed by atoms with E-state index in [1.165, 1.54) is 16.7 Å². The summed E-state index contributed by atoms with van der Waals surface area (Å²) in [5, 5.41) is 23.3. The molecule has 19 nitrogen and oxygen atoms in total. The fourth-order valence-corrected chi connectivity index (χ4v) is 9.10. The number of halogens is 1. The third-order valence-corrected chi connectivity index (χ3v) is 13.3. The van der Waals surface area contributed by atoms with Gasteiger partial charge in [0.15, 0.2) is 0 Å². The van der Waals surface area contributed by atoms with Crippen LogP contribution in [0.15, 0.2) is 73.1 Å². The molecular weight excluding hydrogens is 1010 g/mol. The van der Waals surface area contributed by atoms with Gasteiger partial charge in [-0.25, -0.2) is 19.6 Å². The van der Waals surface area contributed by atoms with Crippen molar-refractivity contribution in [1.82, 2.24) is 39.3 Å². The van der Waals surface area contributed by atoms with Crippen molar-refractivity contribution in [3.63, 3.8) is 0 Å². The fourth-order valence-electron chi connectivity index (χ4n) is 8.29. The number of nitrogen functional groups attached to an aromatic ring is 1. The van der Waals surface area contributed by atoms with Crippen LogP contribution >= 0.6 is 11.8 Å². The van der Waals surface area contributed by atoms with Crippen LogP contribution in [0.1, 0.15) is 89.0 Å². The maximum absolute atomic E-state index is 13.5. The Balaban J connectivity index is 0.000000270. The maximum Gasteiger partial charge on any atom is 1.00 e. The summed E-state index contributed by atoms with van der Waals surface area (Å²) in [6.07, 6.45) is 5.78. The number of carboxylic acid groups (broad SMARTS) is 1. The summed E-state index contributed by atoms with van der Waals surface area (Å²) in [5.74, 6) is 0.186. The van der Waals surface area contributed by atoms with E-state index in [0.717, 1.165) is 50.0 Å². The topological polar surface area (TPSA) is 231 Å². The van der Waals surface area contributed by atoms with Gasteiger partial charge < -0.3 is 57.3 Å². The van der Waals surface area contributed by atoms with Crippen molar-refractivity contribution in [3.8, 4) is 34.3 Å². The van der Waals surface area contributed by atoms with Crippen molar-refractivity contribution in [1.29, 1.82) is 0 Å². The zero-order valence-corrected chi connectivity index (χ0v) is 48.1. The van der Waals surface area contributed by atoms with Gasteiger partial charge in [-0.2, -0.15) is 10.2 Å². The third-order valence-electron chi connectivity index (χ3n) is 12.0. The van der Waals surface area contributed by atoms with Crippen LogP contribution in [0, 0.1) is 5.41 Å². The van der Waals surface area contributed by atoms with Gasteiger partial charge in [-0.1, -0.05) is 0 Å². The Labute approximate surface area is 467 Å². The molecule has 6 aromatic rings. The van der Waals surface area contributed by atoms with Crippen LogP contribution in [-0.4, -0.2) is 129 Å². The molecule has 8 rings (SSSR count). The Kier molecular flexibility index (Phi) is 20.8. The number of carbonyl (C=O) groups excluding carboxylic acids is 3. The van der Waals surface area contributed by atoms with Crippen LogP contribution in [0.3, 0.4) is 0 Å². The number of aromatic nitrogens is 6. The summed E-state index contributed by atoms with van der Waals surface area (Å²) >= 11 is 1.46. The first kappa shape index (κ1) is 62.3. The zero-order chi connectivity index (χ0) is 54.5. The molecule has 0 radical (unpaired) electrons. The van der Waals surface area contributed by atoms with Gasteiger partial charge in [-0.15, -0.1) is 11.8 Å². The number of amides is 3. The van der Waals surface area contributed by atoms with Crippen molar-refractivity contribution in [3.05, 3.63) is 73.1 Å². The standard InChI is InChI=1S/C27H35N5O4S.C16H18N4O.C11H19NO4.ClH.Li/c1-17(2)35-22-11-8-18(15-28-22)23-20-14-19(9-10-21(20)31(6)30-23)29-24(33)27(37-7)12-13-32(16-27)25(34)36-26(3,4)5;1-10(2)21-15-7-4-11(9-18-15)16-13-8-12(17)5-6-14(13)20(3)19-16;1-10(2,3)16-9(15)12-6-5-11(4,7-12)8(13)14;;/h8-11,14-15,17H,12-13,16H2,1-7H3,(H,29,33);4-10H,17H2,1-3H3;5-7H2,1-4H3,(H,13,14);1H;/q;;;;+1/p-1/t27-;;11-;;/m0.0../s1. The van der Waals surface area contributed by atoms with E-state index in [0.29, 0.717) is 49.9 Å². The van der Waals surface area contributed by atoms with E-state index >= 15 is 0 Å². The SMILES string of the molecule is CC(C)(C)OC(=O)N1CC[C@](C)(C(=O)O)C1.CC(C)Oc1ccc(-c2nn(C)c3ccc(N)cc23)cn1.CS[C@@]1(C(=O)Nc2ccc3c(c2)c(-c2ccc(OC(C)C)nc2)nn3C)CCN(C(=O)OC(C)(C)C)C1.[Cl-].[Li+]. The van der Waals surface area contributed by atoms with Gasteiger partial charge >= 0.3 is 37.0 Å². The Hall–Kier alpha value is -6.20. The number of carbonyl (C=O) groups is 4. The van der Waals surface area contributed by atoms with E-state index in [1.807, 2.05) is 139 Å². The molecule has 2 aliphatic heterocycles. The summed E-state index contributed by atoms with van der Waals surface area (Å²) < 4.78 is 24.8. The summed E-state index contributed by atoms with van der Waals surface area (Å²) in [4.78, 5) is 60.6. The summed E-state index contributed by atoms with van der Waals surface area (Å²) in [7, 11) is 3.81. The van der Waals surface area contributed by atoms with E-state index in [9.17, 15) is 19.2 Å². The molecule has 4 aromatic heterocycles. The Morgan fingerprint density at radius 3 is 1.59 bits per heavy atom. The average Bonchev–Trinajstić information content (AvgIpc) is 4.10. The molecule has 406 valence electrons. The summed E-state index contributed by atoms with van der Waals surface area (Å²) in [6.45, 7) is 21.8. The second-order valence-electron chi connectivity index (χ2n) is 21.4. The van der Waals surface area contributed by atoms with E-state index in [4.69, 9.17) is 34.9 Å². The van der Waals surface area contributed by atoms with Gasteiger partial charge in [0.2, 0.25) is 17.7 Å². The first-order valence-corrected chi connectivity index (χ1v) is 25.8. The second-order valence-corrected chi connectivity index (χ2v) is 22.6.